The van der Waals surface area contributed by atoms with Crippen molar-refractivity contribution < 1.29 is 14.3 Å². The fourth-order valence-electron chi connectivity index (χ4n) is 4.25. The van der Waals surface area contributed by atoms with E-state index in [4.69, 9.17) is 9.47 Å². The van der Waals surface area contributed by atoms with Gasteiger partial charge in [0.2, 0.25) is 0 Å². The van der Waals surface area contributed by atoms with Gasteiger partial charge in [-0.3, -0.25) is 4.79 Å². The van der Waals surface area contributed by atoms with Gasteiger partial charge in [-0.2, -0.15) is 5.26 Å². The summed E-state index contributed by atoms with van der Waals surface area (Å²) in [5.74, 6) is 0.700. The maximum Gasteiger partial charge on any atom is 0.262 e. The largest absolute Gasteiger partial charge is 0.493 e. The molecule has 194 valence electrons. The summed E-state index contributed by atoms with van der Waals surface area (Å²) in [6.07, 6.45) is 5.15. The van der Waals surface area contributed by atoms with Crippen LogP contribution in [-0.4, -0.2) is 49.1 Å². The van der Waals surface area contributed by atoms with E-state index in [2.05, 4.69) is 44.5 Å². The minimum atomic E-state index is -0.468. The molecule has 38 heavy (non-hydrogen) atoms. The molecule has 2 aromatic carbocycles. The second-order valence-electron chi connectivity index (χ2n) is 9.28. The average Bonchev–Trinajstić information content (AvgIpc) is 3.33. The van der Waals surface area contributed by atoms with Gasteiger partial charge in [-0.15, -0.1) is 0 Å². The molecule has 0 fully saturated rings. The second-order valence-corrected chi connectivity index (χ2v) is 9.28. The first-order valence-corrected chi connectivity index (χ1v) is 12.2. The van der Waals surface area contributed by atoms with Crippen LogP contribution in [-0.2, 0) is 11.3 Å². The highest BCUT2D eigenvalue weighted by Crippen LogP contribution is 2.30. The third-order valence-corrected chi connectivity index (χ3v) is 6.27. The summed E-state index contributed by atoms with van der Waals surface area (Å²) in [6.45, 7) is 2.72. The van der Waals surface area contributed by atoms with Gasteiger partial charge < -0.3 is 24.7 Å². The molecule has 2 N–H and O–H groups in total. The quantitative estimate of drug-likeness (QED) is 0.241. The molecular formula is C30H31N5O3. The van der Waals surface area contributed by atoms with Gasteiger partial charge in [0.25, 0.3) is 5.91 Å². The zero-order valence-corrected chi connectivity index (χ0v) is 22.2. The first-order chi connectivity index (χ1) is 18.3. The number of nitrogens with one attached hydrogen (secondary N) is 2. The van der Waals surface area contributed by atoms with E-state index in [1.807, 2.05) is 45.4 Å². The number of carbonyl (C=O) groups excluding carboxylic acids is 1. The minimum Gasteiger partial charge on any atom is -0.493 e. The predicted molar refractivity (Wildman–Crippen MR) is 149 cm³/mol. The minimum absolute atomic E-state index is 0.00309. The average molecular weight is 510 g/mol. The van der Waals surface area contributed by atoms with Crippen molar-refractivity contribution in [3.63, 3.8) is 0 Å². The van der Waals surface area contributed by atoms with Crippen LogP contribution in [0.25, 0.3) is 28.2 Å². The number of fused-ring (bicyclic) bond motifs is 1. The first-order valence-electron chi connectivity index (χ1n) is 12.2. The summed E-state index contributed by atoms with van der Waals surface area (Å²) in [4.78, 5) is 22.8. The van der Waals surface area contributed by atoms with Crippen molar-refractivity contribution >= 4 is 23.0 Å². The Hall–Kier alpha value is -4.61. The number of hydrogen-bond acceptors (Lipinski definition) is 6. The van der Waals surface area contributed by atoms with Gasteiger partial charge in [0, 0.05) is 35.5 Å². The Bertz CT molecular complexity index is 1510. The Morgan fingerprint density at radius 1 is 1.11 bits per heavy atom. The van der Waals surface area contributed by atoms with Crippen LogP contribution in [0.1, 0.15) is 29.7 Å². The number of aromatic nitrogens is 2. The van der Waals surface area contributed by atoms with Crippen LogP contribution in [0.2, 0.25) is 0 Å². The molecule has 8 heteroatoms. The van der Waals surface area contributed by atoms with Gasteiger partial charge in [-0.05, 0) is 62.0 Å². The van der Waals surface area contributed by atoms with Crippen molar-refractivity contribution in [1.29, 1.82) is 5.26 Å². The van der Waals surface area contributed by atoms with E-state index in [1.54, 1.807) is 38.6 Å². The monoisotopic (exact) mass is 509 g/mol. The van der Waals surface area contributed by atoms with Crippen molar-refractivity contribution in [3.8, 4) is 28.7 Å². The summed E-state index contributed by atoms with van der Waals surface area (Å²) in [7, 11) is 7.21. The van der Waals surface area contributed by atoms with Crippen LogP contribution < -0.4 is 14.8 Å². The van der Waals surface area contributed by atoms with Crippen molar-refractivity contribution in [1.82, 2.24) is 20.2 Å². The molecule has 0 bridgehead atoms. The Morgan fingerprint density at radius 3 is 2.50 bits per heavy atom. The van der Waals surface area contributed by atoms with Crippen LogP contribution in [0.5, 0.6) is 11.5 Å². The van der Waals surface area contributed by atoms with E-state index >= 15 is 0 Å². The molecule has 4 aromatic rings. The Morgan fingerprint density at radius 2 is 1.84 bits per heavy atom. The predicted octanol–water partition coefficient (Wildman–Crippen LogP) is 5.09. The normalized spacial score (nSPS) is 12.3. The molecule has 2 aromatic heterocycles. The molecule has 0 aliphatic carbocycles. The van der Waals surface area contributed by atoms with Crippen LogP contribution in [0.15, 0.2) is 66.5 Å². The Kier molecular flexibility index (Phi) is 8.09. The molecule has 0 aliphatic rings. The van der Waals surface area contributed by atoms with Gasteiger partial charge in [0.05, 0.1) is 20.3 Å². The number of rotatable bonds is 9. The van der Waals surface area contributed by atoms with E-state index < -0.39 is 5.91 Å². The number of H-pyrrole nitrogens is 1. The van der Waals surface area contributed by atoms with E-state index in [0.29, 0.717) is 22.7 Å². The molecule has 1 unspecified atom stereocenters. The highest BCUT2D eigenvalue weighted by Gasteiger charge is 2.17. The first kappa shape index (κ1) is 26.5. The molecule has 8 nitrogen and oxygen atoms in total. The third kappa shape index (κ3) is 5.85. The topological polar surface area (TPSA) is 103 Å². The van der Waals surface area contributed by atoms with Crippen LogP contribution in [0.4, 0.5) is 0 Å². The molecule has 1 atom stereocenters. The molecular weight excluding hydrogens is 478 g/mol. The second kappa shape index (κ2) is 11.6. The Balaban J connectivity index is 1.57. The SMILES string of the molecule is COc1ccc(C(C)NC(=O)C(C#N)=Cc2c[nH]c3ncc(-c4ccc(CN(C)C)cc4)cc23)cc1OC. The zero-order chi connectivity index (χ0) is 27.2. The number of benzene rings is 2. The lowest BCUT2D eigenvalue weighted by Crippen LogP contribution is -2.27. The van der Waals surface area contributed by atoms with E-state index in [1.165, 1.54) is 5.56 Å². The standard InChI is InChI=1S/C30H31N5O3/c1-19(22-10-11-27(37-4)28(14-22)38-5)34-30(36)23(15-31)12-25-17-33-29-26(25)13-24(16-32-29)21-8-6-20(7-9-21)18-35(2)3/h6-14,16-17,19H,18H2,1-5H3,(H,32,33)(H,34,36). The highest BCUT2D eigenvalue weighted by atomic mass is 16.5. The number of hydrogen-bond donors (Lipinski definition) is 2. The fraction of sp³-hybridized carbons (Fsp3) is 0.233. The number of aromatic amines is 1. The summed E-state index contributed by atoms with van der Waals surface area (Å²) in [5, 5.41) is 13.5. The van der Waals surface area contributed by atoms with Crippen molar-refractivity contribution in [2.24, 2.45) is 0 Å². The molecule has 0 saturated heterocycles. The summed E-state index contributed by atoms with van der Waals surface area (Å²) in [6, 6.07) is 17.5. The summed E-state index contributed by atoms with van der Waals surface area (Å²) >= 11 is 0. The lowest BCUT2D eigenvalue weighted by Gasteiger charge is -2.16. The van der Waals surface area contributed by atoms with E-state index in [0.717, 1.165) is 28.6 Å². The van der Waals surface area contributed by atoms with Gasteiger partial charge in [0.15, 0.2) is 11.5 Å². The molecule has 4 rings (SSSR count). The number of amides is 1. The van der Waals surface area contributed by atoms with E-state index in [9.17, 15) is 10.1 Å². The van der Waals surface area contributed by atoms with Gasteiger partial charge in [-0.25, -0.2) is 4.98 Å². The summed E-state index contributed by atoms with van der Waals surface area (Å²) in [5.41, 5.74) is 5.44. The van der Waals surface area contributed by atoms with Crippen molar-refractivity contribution in [3.05, 3.63) is 83.2 Å². The van der Waals surface area contributed by atoms with Crippen molar-refractivity contribution in [2.75, 3.05) is 28.3 Å². The van der Waals surface area contributed by atoms with Gasteiger partial charge in [0.1, 0.15) is 17.3 Å². The number of ether oxygens (including phenoxy) is 2. The molecule has 0 saturated carbocycles. The van der Waals surface area contributed by atoms with E-state index in [-0.39, 0.29) is 11.6 Å². The van der Waals surface area contributed by atoms with Gasteiger partial charge >= 0.3 is 0 Å². The number of nitrogens with zero attached hydrogens (tertiary/aromatic N) is 3. The zero-order valence-electron chi connectivity index (χ0n) is 22.2. The number of pyridine rings is 1. The molecule has 0 radical (unpaired) electrons. The van der Waals surface area contributed by atoms with Crippen molar-refractivity contribution in [2.45, 2.75) is 19.5 Å². The fourth-order valence-corrected chi connectivity index (χ4v) is 4.25. The van der Waals surface area contributed by atoms with Crippen LogP contribution >= 0.6 is 0 Å². The third-order valence-electron chi connectivity index (χ3n) is 6.27. The molecule has 0 spiro atoms. The molecule has 1 amide bonds. The lowest BCUT2D eigenvalue weighted by molar-refractivity contribution is -0.117. The number of methoxy groups -OCH3 is 2. The Labute approximate surface area is 222 Å². The maximum atomic E-state index is 13.0. The maximum absolute atomic E-state index is 13.0. The smallest absolute Gasteiger partial charge is 0.262 e. The number of nitriles is 1. The highest BCUT2D eigenvalue weighted by molar-refractivity contribution is 6.04. The van der Waals surface area contributed by atoms with Crippen LogP contribution in [0, 0.1) is 11.3 Å². The molecule has 0 aliphatic heterocycles. The lowest BCUT2D eigenvalue weighted by atomic mass is 10.0. The summed E-state index contributed by atoms with van der Waals surface area (Å²) < 4.78 is 10.6. The molecule has 2 heterocycles. The number of carbonyl (C=O) groups is 1. The van der Waals surface area contributed by atoms with Crippen LogP contribution in [0.3, 0.4) is 0 Å². The van der Waals surface area contributed by atoms with Gasteiger partial charge in [-0.1, -0.05) is 30.3 Å².